The third kappa shape index (κ3) is 3.97. The van der Waals surface area contributed by atoms with E-state index in [0.29, 0.717) is 22.4 Å². The first-order valence-electron chi connectivity index (χ1n) is 10.6. The summed E-state index contributed by atoms with van der Waals surface area (Å²) in [6, 6.07) is 17.2. The van der Waals surface area contributed by atoms with Crippen molar-refractivity contribution in [2.24, 2.45) is 7.05 Å². The number of rotatable bonds is 5. The van der Waals surface area contributed by atoms with Crippen molar-refractivity contribution in [3.63, 3.8) is 0 Å². The second kappa shape index (κ2) is 8.46. The summed E-state index contributed by atoms with van der Waals surface area (Å²) in [5, 5.41) is 18.6. The fraction of sp³-hybridized carbons (Fsp3) is 0.115. The van der Waals surface area contributed by atoms with Gasteiger partial charge in [0.15, 0.2) is 5.43 Å². The molecule has 2 N–H and O–H groups in total. The monoisotopic (exact) mass is 517 g/mol. The van der Waals surface area contributed by atoms with Gasteiger partial charge in [0, 0.05) is 46.0 Å². The summed E-state index contributed by atoms with van der Waals surface area (Å²) in [7, 11) is 1.86. The van der Waals surface area contributed by atoms with E-state index in [4.69, 9.17) is 4.42 Å². The van der Waals surface area contributed by atoms with Gasteiger partial charge in [-0.1, -0.05) is 28.1 Å². The summed E-state index contributed by atoms with van der Waals surface area (Å²) in [6.45, 7) is 1.90. The third-order valence-electron chi connectivity index (χ3n) is 5.72. The molecule has 170 valence electrons. The number of halogens is 1. The Morgan fingerprint density at radius 3 is 2.74 bits per heavy atom. The molecular weight excluding hydrogens is 498 g/mol. The number of nitrogens with one attached hydrogen (secondary N) is 1. The number of fused-ring (bicyclic) bond motifs is 2. The predicted molar refractivity (Wildman–Crippen MR) is 135 cm³/mol. The Labute approximate surface area is 202 Å². The van der Waals surface area contributed by atoms with Gasteiger partial charge in [0.2, 0.25) is 0 Å². The number of hydrogen-bond acceptors (Lipinski definition) is 5. The van der Waals surface area contributed by atoms with E-state index in [0.717, 1.165) is 26.5 Å². The molecule has 5 aromatic rings. The number of benzene rings is 3. The topological polar surface area (TPSA) is 97.4 Å². The number of carboxylic acid groups (broad SMARTS) is 1. The van der Waals surface area contributed by atoms with Gasteiger partial charge in [-0.2, -0.15) is 5.10 Å². The highest BCUT2D eigenvalue weighted by molar-refractivity contribution is 9.10. The Morgan fingerprint density at radius 1 is 1.15 bits per heavy atom. The number of anilines is 1. The first-order chi connectivity index (χ1) is 16.3. The number of aromatic nitrogens is 2. The van der Waals surface area contributed by atoms with Crippen LogP contribution in [-0.2, 0) is 7.05 Å². The van der Waals surface area contributed by atoms with Crippen LogP contribution in [0.1, 0.15) is 28.9 Å². The van der Waals surface area contributed by atoms with Gasteiger partial charge in [-0.3, -0.25) is 9.48 Å². The first kappa shape index (κ1) is 21.9. The predicted octanol–water partition coefficient (Wildman–Crippen LogP) is 5.98. The minimum absolute atomic E-state index is 0.164. The van der Waals surface area contributed by atoms with Gasteiger partial charge >= 0.3 is 5.97 Å². The fourth-order valence-electron chi connectivity index (χ4n) is 4.12. The molecule has 0 amide bonds. The van der Waals surface area contributed by atoms with E-state index in [1.807, 2.05) is 44.4 Å². The SMILES string of the molecule is CC(Nc1ccccc1C(=O)O)c1cc(Br)cc2c(=O)cc(-c3ccc4nn(C)cc4c3)oc12. The second-order valence-corrected chi connectivity index (χ2v) is 9.06. The lowest BCUT2D eigenvalue weighted by Crippen LogP contribution is -2.12. The zero-order valence-electron chi connectivity index (χ0n) is 18.4. The molecule has 0 saturated heterocycles. The van der Waals surface area contributed by atoms with Crippen molar-refractivity contribution in [1.29, 1.82) is 0 Å². The van der Waals surface area contributed by atoms with Crippen LogP contribution in [0.2, 0.25) is 0 Å². The molecule has 2 heterocycles. The lowest BCUT2D eigenvalue weighted by Gasteiger charge is -2.19. The summed E-state index contributed by atoms with van der Waals surface area (Å²) >= 11 is 3.49. The number of carboxylic acids is 1. The van der Waals surface area contributed by atoms with Crippen molar-refractivity contribution in [1.82, 2.24) is 9.78 Å². The Balaban J connectivity index is 1.64. The number of hydrogen-bond donors (Lipinski definition) is 2. The van der Waals surface area contributed by atoms with E-state index < -0.39 is 5.97 Å². The molecule has 0 aliphatic heterocycles. The van der Waals surface area contributed by atoms with E-state index in [1.165, 1.54) is 6.07 Å². The minimum Gasteiger partial charge on any atom is -0.478 e. The Bertz CT molecular complexity index is 1640. The lowest BCUT2D eigenvalue weighted by atomic mass is 10.0. The highest BCUT2D eigenvalue weighted by Crippen LogP contribution is 2.33. The van der Waals surface area contributed by atoms with Crippen LogP contribution < -0.4 is 10.7 Å². The van der Waals surface area contributed by atoms with Crippen LogP contribution in [0, 0.1) is 0 Å². The average Bonchev–Trinajstić information content (AvgIpc) is 3.18. The number of para-hydroxylation sites is 1. The maximum Gasteiger partial charge on any atom is 0.337 e. The van der Waals surface area contributed by atoms with Gasteiger partial charge in [-0.25, -0.2) is 4.79 Å². The maximum absolute atomic E-state index is 13.1. The maximum atomic E-state index is 13.1. The van der Waals surface area contributed by atoms with Crippen LogP contribution in [0.5, 0.6) is 0 Å². The molecule has 0 fully saturated rings. The van der Waals surface area contributed by atoms with Crippen LogP contribution in [0.25, 0.3) is 33.2 Å². The zero-order chi connectivity index (χ0) is 24.0. The molecule has 2 aromatic heterocycles. The Morgan fingerprint density at radius 2 is 1.94 bits per heavy atom. The van der Waals surface area contributed by atoms with Gasteiger partial charge in [0.25, 0.3) is 0 Å². The lowest BCUT2D eigenvalue weighted by molar-refractivity contribution is 0.0698. The molecule has 0 aliphatic rings. The molecule has 34 heavy (non-hydrogen) atoms. The standard InChI is InChI=1S/C26H20BrN3O4/c1-14(28-22-6-4-3-5-18(22)26(32)33)19-10-17(27)11-20-23(31)12-24(34-25(19)20)15-7-8-21-16(9-15)13-30(2)29-21/h3-14,28H,1-2H3,(H,32,33). The second-order valence-electron chi connectivity index (χ2n) is 8.14. The van der Waals surface area contributed by atoms with Crippen LogP contribution in [0.4, 0.5) is 5.69 Å². The van der Waals surface area contributed by atoms with E-state index in [2.05, 4.69) is 26.3 Å². The molecule has 8 heteroatoms. The molecule has 0 spiro atoms. The summed E-state index contributed by atoms with van der Waals surface area (Å²) in [4.78, 5) is 24.7. The van der Waals surface area contributed by atoms with Crippen molar-refractivity contribution in [2.45, 2.75) is 13.0 Å². The molecule has 0 aliphatic carbocycles. The van der Waals surface area contributed by atoms with E-state index in [9.17, 15) is 14.7 Å². The van der Waals surface area contributed by atoms with Crippen molar-refractivity contribution in [3.05, 3.63) is 92.7 Å². The first-order valence-corrected chi connectivity index (χ1v) is 11.4. The molecule has 7 nitrogen and oxygen atoms in total. The number of carbonyl (C=O) groups is 1. The van der Waals surface area contributed by atoms with Gasteiger partial charge in [0.05, 0.1) is 22.5 Å². The highest BCUT2D eigenvalue weighted by atomic mass is 79.9. The van der Waals surface area contributed by atoms with Gasteiger partial charge in [-0.15, -0.1) is 0 Å². The molecule has 0 radical (unpaired) electrons. The van der Waals surface area contributed by atoms with Crippen LogP contribution in [-0.4, -0.2) is 20.9 Å². The molecule has 3 aromatic carbocycles. The number of nitrogens with zero attached hydrogens (tertiary/aromatic N) is 2. The number of aryl methyl sites for hydroxylation is 1. The summed E-state index contributed by atoms with van der Waals surface area (Å²) < 4.78 is 8.77. The van der Waals surface area contributed by atoms with E-state index in [-0.39, 0.29) is 17.0 Å². The smallest absolute Gasteiger partial charge is 0.337 e. The van der Waals surface area contributed by atoms with Crippen molar-refractivity contribution in [3.8, 4) is 11.3 Å². The van der Waals surface area contributed by atoms with Gasteiger partial charge in [0.1, 0.15) is 11.3 Å². The molecule has 5 rings (SSSR count). The van der Waals surface area contributed by atoms with Crippen LogP contribution in [0.15, 0.2) is 80.5 Å². The summed E-state index contributed by atoms with van der Waals surface area (Å²) in [6.07, 6.45) is 1.91. The minimum atomic E-state index is -1.02. The van der Waals surface area contributed by atoms with Crippen LogP contribution in [0.3, 0.4) is 0 Å². The number of aromatic carboxylic acids is 1. The van der Waals surface area contributed by atoms with Gasteiger partial charge < -0.3 is 14.8 Å². The molecule has 0 bridgehead atoms. The van der Waals surface area contributed by atoms with E-state index in [1.54, 1.807) is 35.0 Å². The van der Waals surface area contributed by atoms with Crippen molar-refractivity contribution < 1.29 is 14.3 Å². The van der Waals surface area contributed by atoms with Crippen molar-refractivity contribution >= 4 is 49.5 Å². The van der Waals surface area contributed by atoms with Crippen molar-refractivity contribution in [2.75, 3.05) is 5.32 Å². The highest BCUT2D eigenvalue weighted by Gasteiger charge is 2.19. The van der Waals surface area contributed by atoms with Gasteiger partial charge in [-0.05, 0) is 49.4 Å². The zero-order valence-corrected chi connectivity index (χ0v) is 20.0. The van der Waals surface area contributed by atoms with E-state index >= 15 is 0 Å². The third-order valence-corrected chi connectivity index (χ3v) is 6.18. The quantitative estimate of drug-likeness (QED) is 0.297. The largest absolute Gasteiger partial charge is 0.478 e. The normalized spacial score (nSPS) is 12.2. The molecule has 1 atom stereocenters. The Kier molecular flexibility index (Phi) is 5.45. The molecule has 0 saturated carbocycles. The Hall–Kier alpha value is -3.91. The summed E-state index contributed by atoms with van der Waals surface area (Å²) in [5.41, 5.74) is 3.29. The molecular formula is C26H20BrN3O4. The molecule has 1 unspecified atom stereocenters. The van der Waals surface area contributed by atoms with Crippen LogP contribution >= 0.6 is 15.9 Å². The summed E-state index contributed by atoms with van der Waals surface area (Å²) in [5.74, 6) is -0.570. The average molecular weight is 518 g/mol. The fourth-order valence-corrected chi connectivity index (χ4v) is 4.60.